The highest BCUT2D eigenvalue weighted by atomic mass is 35.5. The Morgan fingerprint density at radius 3 is 2.95 bits per heavy atom. The Kier molecular flexibility index (Phi) is 4.13. The van der Waals surface area contributed by atoms with E-state index < -0.39 is 12.0 Å². The molecular weight excluding hydrogens is 324 g/mol. The molecule has 3 rings (SSSR count). The molecule has 2 aromatic rings. The molecule has 5 nitrogen and oxygen atoms in total. The van der Waals surface area contributed by atoms with Gasteiger partial charge in [-0.15, -0.1) is 11.3 Å². The molecule has 1 atom stereocenters. The van der Waals surface area contributed by atoms with Crippen molar-refractivity contribution in [2.45, 2.75) is 18.9 Å². The summed E-state index contributed by atoms with van der Waals surface area (Å²) in [6, 6.07) is 6.50. The molecule has 114 valence electrons. The number of aliphatic carboxylic acids is 1. The molecule has 1 aromatic heterocycles. The molecule has 1 aliphatic heterocycles. The minimum atomic E-state index is -0.962. The van der Waals surface area contributed by atoms with Gasteiger partial charge in [0.15, 0.2) is 0 Å². The number of carboxylic acid groups (broad SMARTS) is 1. The minimum Gasteiger partial charge on any atom is -0.480 e. The molecule has 0 unspecified atom stereocenters. The van der Waals surface area contributed by atoms with Crippen LogP contribution in [0.4, 0.5) is 0 Å². The molecule has 1 aromatic carbocycles. The number of likely N-dealkylation sites (tertiary alicyclic amines) is 1. The summed E-state index contributed by atoms with van der Waals surface area (Å²) in [5.74, 6) is -1.29. The molecule has 1 saturated heterocycles. The molecule has 1 fully saturated rings. The lowest BCUT2D eigenvalue weighted by Gasteiger charge is -2.20. The number of hydrogen-bond donors (Lipinski definition) is 1. The number of nitrogens with zero attached hydrogens (tertiary/aromatic N) is 2. The second-order valence-electron chi connectivity index (χ2n) is 5.04. The van der Waals surface area contributed by atoms with Gasteiger partial charge in [-0.05, 0) is 25.0 Å². The second-order valence-corrected chi connectivity index (χ2v) is 6.34. The summed E-state index contributed by atoms with van der Waals surface area (Å²) in [4.78, 5) is 29.4. The summed E-state index contributed by atoms with van der Waals surface area (Å²) < 4.78 is 0. The number of aromatic nitrogens is 1. The molecule has 1 aliphatic rings. The first kappa shape index (κ1) is 15.0. The zero-order chi connectivity index (χ0) is 15.7. The molecule has 1 amide bonds. The number of benzene rings is 1. The highest BCUT2D eigenvalue weighted by Crippen LogP contribution is 2.27. The van der Waals surface area contributed by atoms with Gasteiger partial charge in [0.05, 0.1) is 0 Å². The number of thiazole rings is 1. The fraction of sp³-hybridized carbons (Fsp3) is 0.267. The summed E-state index contributed by atoms with van der Waals surface area (Å²) in [5, 5.41) is 12.1. The normalized spacial score (nSPS) is 17.7. The largest absolute Gasteiger partial charge is 0.480 e. The summed E-state index contributed by atoms with van der Waals surface area (Å²) >= 11 is 7.30. The number of hydrogen-bond acceptors (Lipinski definition) is 4. The van der Waals surface area contributed by atoms with Gasteiger partial charge >= 0.3 is 5.97 Å². The average Bonchev–Trinajstić information content (AvgIpc) is 3.16. The number of halogens is 1. The van der Waals surface area contributed by atoms with Gasteiger partial charge in [0, 0.05) is 22.5 Å². The lowest BCUT2D eigenvalue weighted by molar-refractivity contribution is -0.141. The maximum absolute atomic E-state index is 12.5. The smallest absolute Gasteiger partial charge is 0.326 e. The van der Waals surface area contributed by atoms with Crippen molar-refractivity contribution in [3.63, 3.8) is 0 Å². The van der Waals surface area contributed by atoms with E-state index in [-0.39, 0.29) is 11.6 Å². The van der Waals surface area contributed by atoms with Crippen molar-refractivity contribution in [2.24, 2.45) is 0 Å². The van der Waals surface area contributed by atoms with E-state index in [4.69, 9.17) is 16.7 Å². The van der Waals surface area contributed by atoms with Crippen molar-refractivity contribution in [3.8, 4) is 10.6 Å². The maximum atomic E-state index is 12.5. The van der Waals surface area contributed by atoms with Gasteiger partial charge in [-0.2, -0.15) is 0 Å². The van der Waals surface area contributed by atoms with Gasteiger partial charge < -0.3 is 10.0 Å². The van der Waals surface area contributed by atoms with Crippen LogP contribution in [0.15, 0.2) is 29.6 Å². The predicted octanol–water partition coefficient (Wildman–Crippen LogP) is 3.15. The van der Waals surface area contributed by atoms with Gasteiger partial charge in [0.2, 0.25) is 0 Å². The molecule has 0 aliphatic carbocycles. The molecule has 1 N–H and O–H groups in total. The van der Waals surface area contributed by atoms with Crippen LogP contribution in [0.3, 0.4) is 0 Å². The maximum Gasteiger partial charge on any atom is 0.326 e. The third kappa shape index (κ3) is 2.84. The Morgan fingerprint density at radius 1 is 1.41 bits per heavy atom. The summed E-state index contributed by atoms with van der Waals surface area (Å²) in [6.07, 6.45) is 1.19. The molecule has 2 heterocycles. The fourth-order valence-electron chi connectivity index (χ4n) is 2.54. The van der Waals surface area contributed by atoms with E-state index in [1.54, 1.807) is 17.5 Å². The first-order valence-electron chi connectivity index (χ1n) is 6.81. The first-order valence-corrected chi connectivity index (χ1v) is 8.07. The Labute approximate surface area is 136 Å². The standard InChI is InChI=1S/C15H13ClN2O3S/c16-10-4-1-3-9(7-10)13-17-11(8-22-13)14(19)18-6-2-5-12(18)15(20)21/h1,3-4,7-8,12H,2,5-6H2,(H,20,21)/t12-/m0/s1. The van der Waals surface area contributed by atoms with E-state index >= 15 is 0 Å². The van der Waals surface area contributed by atoms with Gasteiger partial charge in [-0.1, -0.05) is 23.7 Å². The molecule has 0 spiro atoms. The van der Waals surface area contributed by atoms with Crippen LogP contribution < -0.4 is 0 Å². The Balaban J connectivity index is 1.84. The quantitative estimate of drug-likeness (QED) is 0.934. The lowest BCUT2D eigenvalue weighted by atomic mass is 10.2. The average molecular weight is 337 g/mol. The van der Waals surface area contributed by atoms with Crippen LogP contribution in [0, 0.1) is 0 Å². The fourth-order valence-corrected chi connectivity index (χ4v) is 3.52. The number of carbonyl (C=O) groups is 2. The van der Waals surface area contributed by atoms with Crippen molar-refractivity contribution in [2.75, 3.05) is 6.54 Å². The van der Waals surface area contributed by atoms with Crippen molar-refractivity contribution in [3.05, 3.63) is 40.4 Å². The van der Waals surface area contributed by atoms with Gasteiger partial charge in [0.25, 0.3) is 5.91 Å². The van der Waals surface area contributed by atoms with Crippen LogP contribution in [0.2, 0.25) is 5.02 Å². The Bertz CT molecular complexity index is 731. The van der Waals surface area contributed by atoms with E-state index in [9.17, 15) is 9.59 Å². The van der Waals surface area contributed by atoms with Crippen molar-refractivity contribution in [1.29, 1.82) is 0 Å². The van der Waals surface area contributed by atoms with Gasteiger partial charge in [0.1, 0.15) is 16.7 Å². The van der Waals surface area contributed by atoms with Crippen molar-refractivity contribution >= 4 is 34.8 Å². The number of amides is 1. The van der Waals surface area contributed by atoms with Crippen molar-refractivity contribution < 1.29 is 14.7 Å². The monoisotopic (exact) mass is 336 g/mol. The zero-order valence-electron chi connectivity index (χ0n) is 11.5. The van der Waals surface area contributed by atoms with E-state index in [1.807, 2.05) is 12.1 Å². The first-order chi connectivity index (χ1) is 10.6. The second kappa shape index (κ2) is 6.06. The SMILES string of the molecule is O=C(O)[C@@H]1CCCN1C(=O)c1csc(-c2cccc(Cl)c2)n1. The Morgan fingerprint density at radius 2 is 2.23 bits per heavy atom. The minimum absolute atomic E-state index is 0.285. The number of carboxylic acids is 1. The third-order valence-electron chi connectivity index (χ3n) is 3.59. The molecule has 0 radical (unpaired) electrons. The van der Waals surface area contributed by atoms with Gasteiger partial charge in [-0.3, -0.25) is 4.79 Å². The van der Waals surface area contributed by atoms with Crippen molar-refractivity contribution in [1.82, 2.24) is 9.88 Å². The summed E-state index contributed by atoms with van der Waals surface area (Å²) in [7, 11) is 0. The Hall–Kier alpha value is -1.92. The van der Waals surface area contributed by atoms with Crippen LogP contribution in [0.5, 0.6) is 0 Å². The highest BCUT2D eigenvalue weighted by Gasteiger charge is 2.35. The van der Waals surface area contributed by atoms with Crippen LogP contribution in [0.25, 0.3) is 10.6 Å². The van der Waals surface area contributed by atoms with Crippen LogP contribution >= 0.6 is 22.9 Å². The molecule has 7 heteroatoms. The summed E-state index contributed by atoms with van der Waals surface area (Å²) in [6.45, 7) is 0.458. The topological polar surface area (TPSA) is 70.5 Å². The molecule has 22 heavy (non-hydrogen) atoms. The van der Waals surface area contributed by atoms with E-state index in [0.717, 1.165) is 5.56 Å². The lowest BCUT2D eigenvalue weighted by Crippen LogP contribution is -2.40. The molecule has 0 saturated carbocycles. The van der Waals surface area contributed by atoms with Crippen LogP contribution in [0.1, 0.15) is 23.3 Å². The van der Waals surface area contributed by atoms with E-state index in [1.165, 1.54) is 16.2 Å². The zero-order valence-corrected chi connectivity index (χ0v) is 13.1. The molecule has 0 bridgehead atoms. The van der Waals surface area contributed by atoms with E-state index in [0.29, 0.717) is 29.4 Å². The number of carbonyl (C=O) groups excluding carboxylic acids is 1. The van der Waals surface area contributed by atoms with Crippen LogP contribution in [-0.4, -0.2) is 39.5 Å². The summed E-state index contributed by atoms with van der Waals surface area (Å²) in [5.41, 5.74) is 1.13. The third-order valence-corrected chi connectivity index (χ3v) is 4.72. The predicted molar refractivity (Wildman–Crippen MR) is 84.3 cm³/mol. The number of rotatable bonds is 3. The van der Waals surface area contributed by atoms with Gasteiger partial charge in [-0.25, -0.2) is 9.78 Å². The highest BCUT2D eigenvalue weighted by molar-refractivity contribution is 7.13. The molecular formula is C15H13ClN2O3S. The van der Waals surface area contributed by atoms with E-state index in [2.05, 4.69) is 4.98 Å². The van der Waals surface area contributed by atoms with Crippen LogP contribution in [-0.2, 0) is 4.79 Å².